The van der Waals surface area contributed by atoms with Gasteiger partial charge >= 0.3 is 0 Å². The lowest BCUT2D eigenvalue weighted by Gasteiger charge is -2.11. The topological polar surface area (TPSA) is 85.1 Å². The highest BCUT2D eigenvalue weighted by Gasteiger charge is 2.16. The van der Waals surface area contributed by atoms with Gasteiger partial charge in [-0.3, -0.25) is 0 Å². The second-order valence-electron chi connectivity index (χ2n) is 3.47. The number of nitrogens with two attached hydrogens (primary N) is 1. The molecule has 0 saturated heterocycles. The van der Waals surface area contributed by atoms with Gasteiger partial charge in [0, 0.05) is 12.2 Å². The smallest absolute Gasteiger partial charge is 0.242 e. The minimum atomic E-state index is -3.51. The zero-order valence-corrected chi connectivity index (χ0v) is 9.87. The average molecular weight is 241 g/mol. The van der Waals surface area contributed by atoms with Gasteiger partial charge in [-0.15, -0.1) is 6.58 Å². The Balaban J connectivity index is 2.85. The SMILES string of the molecule is C=CCC(C)NS(=O)(=O)c1ccc(N)nc1. The molecule has 1 aromatic rings. The molecule has 0 bridgehead atoms. The van der Waals surface area contributed by atoms with Gasteiger partial charge < -0.3 is 5.73 Å². The van der Waals surface area contributed by atoms with E-state index in [1.165, 1.54) is 18.3 Å². The largest absolute Gasteiger partial charge is 0.384 e. The van der Waals surface area contributed by atoms with E-state index in [-0.39, 0.29) is 16.8 Å². The van der Waals surface area contributed by atoms with E-state index in [1.54, 1.807) is 13.0 Å². The second kappa shape index (κ2) is 5.09. The molecule has 0 saturated carbocycles. The molecule has 5 nitrogen and oxygen atoms in total. The van der Waals surface area contributed by atoms with Gasteiger partial charge in [0.05, 0.1) is 0 Å². The first-order chi connectivity index (χ1) is 7.45. The van der Waals surface area contributed by atoms with Gasteiger partial charge in [0.15, 0.2) is 0 Å². The fourth-order valence-electron chi connectivity index (χ4n) is 1.18. The molecule has 1 heterocycles. The van der Waals surface area contributed by atoms with Crippen molar-refractivity contribution >= 4 is 15.8 Å². The molecule has 1 aromatic heterocycles. The lowest BCUT2D eigenvalue weighted by molar-refractivity contribution is 0.562. The van der Waals surface area contributed by atoms with Crippen LogP contribution in [0.25, 0.3) is 0 Å². The summed E-state index contributed by atoms with van der Waals surface area (Å²) in [6.07, 6.45) is 3.47. The summed E-state index contributed by atoms with van der Waals surface area (Å²) in [4.78, 5) is 3.85. The second-order valence-corrected chi connectivity index (χ2v) is 5.18. The molecular weight excluding hydrogens is 226 g/mol. The lowest BCUT2D eigenvalue weighted by atomic mass is 10.3. The lowest BCUT2D eigenvalue weighted by Crippen LogP contribution is -2.32. The number of nitrogen functional groups attached to an aromatic ring is 1. The Kier molecular flexibility index (Phi) is 4.03. The number of rotatable bonds is 5. The number of sulfonamides is 1. The molecule has 0 aliphatic heterocycles. The molecule has 0 aliphatic carbocycles. The normalized spacial score (nSPS) is 13.3. The zero-order valence-electron chi connectivity index (χ0n) is 9.05. The molecule has 0 fully saturated rings. The van der Waals surface area contributed by atoms with E-state index in [9.17, 15) is 8.42 Å². The van der Waals surface area contributed by atoms with Gasteiger partial charge in [0.1, 0.15) is 10.7 Å². The van der Waals surface area contributed by atoms with Crippen LogP contribution in [0.5, 0.6) is 0 Å². The maximum absolute atomic E-state index is 11.8. The first kappa shape index (κ1) is 12.7. The number of hydrogen-bond donors (Lipinski definition) is 2. The quantitative estimate of drug-likeness (QED) is 0.750. The molecule has 6 heteroatoms. The van der Waals surface area contributed by atoms with E-state index in [4.69, 9.17) is 5.73 Å². The van der Waals surface area contributed by atoms with E-state index < -0.39 is 10.0 Å². The number of nitrogens with zero attached hydrogens (tertiary/aromatic N) is 1. The van der Waals surface area contributed by atoms with Crippen LogP contribution in [0.1, 0.15) is 13.3 Å². The van der Waals surface area contributed by atoms with Crippen LogP contribution in [-0.2, 0) is 10.0 Å². The maximum atomic E-state index is 11.8. The van der Waals surface area contributed by atoms with E-state index in [0.29, 0.717) is 6.42 Å². The molecule has 16 heavy (non-hydrogen) atoms. The summed E-state index contributed by atoms with van der Waals surface area (Å²) in [6.45, 7) is 5.32. The number of anilines is 1. The van der Waals surface area contributed by atoms with E-state index in [1.807, 2.05) is 0 Å². The van der Waals surface area contributed by atoms with E-state index in [2.05, 4.69) is 16.3 Å². The summed E-state index contributed by atoms with van der Waals surface area (Å²) >= 11 is 0. The van der Waals surface area contributed by atoms with Crippen molar-refractivity contribution < 1.29 is 8.42 Å². The minimum Gasteiger partial charge on any atom is -0.384 e. The summed E-state index contributed by atoms with van der Waals surface area (Å²) < 4.78 is 26.1. The third kappa shape index (κ3) is 3.32. The van der Waals surface area contributed by atoms with Gasteiger partial charge in [0.2, 0.25) is 10.0 Å². The molecule has 88 valence electrons. The standard InChI is InChI=1S/C10H15N3O2S/c1-3-4-8(2)13-16(14,15)9-5-6-10(11)12-7-9/h3,5-8,13H,1,4H2,2H3,(H2,11,12). The van der Waals surface area contributed by atoms with Crippen LogP contribution in [-0.4, -0.2) is 19.4 Å². The van der Waals surface area contributed by atoms with Crippen LogP contribution < -0.4 is 10.5 Å². The average Bonchev–Trinajstić information content (AvgIpc) is 2.17. The molecule has 0 amide bonds. The van der Waals surface area contributed by atoms with Crippen LogP contribution in [0.15, 0.2) is 35.9 Å². The highest BCUT2D eigenvalue weighted by atomic mass is 32.2. The van der Waals surface area contributed by atoms with Gasteiger partial charge in [-0.2, -0.15) is 0 Å². The van der Waals surface area contributed by atoms with Crippen LogP contribution in [0.4, 0.5) is 5.82 Å². The van der Waals surface area contributed by atoms with Crippen molar-refractivity contribution in [3.63, 3.8) is 0 Å². The Labute approximate surface area is 95.4 Å². The fraction of sp³-hybridized carbons (Fsp3) is 0.300. The predicted molar refractivity (Wildman–Crippen MR) is 63.2 cm³/mol. The van der Waals surface area contributed by atoms with Crippen LogP contribution in [0, 0.1) is 0 Å². The number of pyridine rings is 1. The minimum absolute atomic E-state index is 0.109. The Bertz CT molecular complexity index is 453. The first-order valence-electron chi connectivity index (χ1n) is 4.80. The molecule has 1 atom stereocenters. The van der Waals surface area contributed by atoms with Crippen LogP contribution in [0.3, 0.4) is 0 Å². The van der Waals surface area contributed by atoms with Gasteiger partial charge in [-0.1, -0.05) is 6.08 Å². The summed E-state index contributed by atoms with van der Waals surface area (Å²) in [5, 5.41) is 0. The molecular formula is C10H15N3O2S. The molecule has 1 rings (SSSR count). The Morgan fingerprint density at radius 1 is 1.62 bits per heavy atom. The highest BCUT2D eigenvalue weighted by Crippen LogP contribution is 2.09. The summed E-state index contributed by atoms with van der Waals surface area (Å²) in [7, 11) is -3.51. The Morgan fingerprint density at radius 2 is 2.31 bits per heavy atom. The van der Waals surface area contributed by atoms with Crippen molar-refractivity contribution in [1.82, 2.24) is 9.71 Å². The number of aromatic nitrogens is 1. The molecule has 0 radical (unpaired) electrons. The predicted octanol–water partition coefficient (Wildman–Crippen LogP) is 0.907. The zero-order chi connectivity index (χ0) is 12.2. The van der Waals surface area contributed by atoms with Gasteiger partial charge in [-0.25, -0.2) is 18.1 Å². The van der Waals surface area contributed by atoms with Crippen molar-refractivity contribution in [2.75, 3.05) is 5.73 Å². The van der Waals surface area contributed by atoms with E-state index >= 15 is 0 Å². The fourth-order valence-corrected chi connectivity index (χ4v) is 2.38. The van der Waals surface area contributed by atoms with Gasteiger partial charge in [-0.05, 0) is 25.5 Å². The summed E-state index contributed by atoms with van der Waals surface area (Å²) in [5.41, 5.74) is 5.38. The van der Waals surface area contributed by atoms with Crippen molar-refractivity contribution in [3.05, 3.63) is 31.0 Å². The Hall–Kier alpha value is -1.40. The summed E-state index contributed by atoms with van der Waals surface area (Å²) in [5.74, 6) is 0.290. The van der Waals surface area contributed by atoms with Crippen molar-refractivity contribution in [2.24, 2.45) is 0 Å². The first-order valence-corrected chi connectivity index (χ1v) is 6.29. The third-order valence-corrected chi connectivity index (χ3v) is 3.52. The van der Waals surface area contributed by atoms with Crippen LogP contribution >= 0.6 is 0 Å². The molecule has 3 N–H and O–H groups in total. The third-order valence-electron chi connectivity index (χ3n) is 1.95. The molecule has 0 aromatic carbocycles. The molecule has 1 unspecified atom stereocenters. The summed E-state index contributed by atoms with van der Waals surface area (Å²) in [6, 6.07) is 2.68. The molecule has 0 aliphatic rings. The number of hydrogen-bond acceptors (Lipinski definition) is 4. The van der Waals surface area contributed by atoms with Crippen molar-refractivity contribution in [1.29, 1.82) is 0 Å². The Morgan fingerprint density at radius 3 is 2.81 bits per heavy atom. The van der Waals surface area contributed by atoms with Crippen LogP contribution in [0.2, 0.25) is 0 Å². The molecule has 0 spiro atoms. The van der Waals surface area contributed by atoms with Crippen molar-refractivity contribution in [2.45, 2.75) is 24.3 Å². The van der Waals surface area contributed by atoms with E-state index in [0.717, 1.165) is 0 Å². The highest BCUT2D eigenvalue weighted by molar-refractivity contribution is 7.89. The van der Waals surface area contributed by atoms with Crippen molar-refractivity contribution in [3.8, 4) is 0 Å². The maximum Gasteiger partial charge on any atom is 0.242 e. The number of nitrogens with one attached hydrogen (secondary N) is 1. The monoisotopic (exact) mass is 241 g/mol. The van der Waals surface area contributed by atoms with Gasteiger partial charge in [0.25, 0.3) is 0 Å².